The summed E-state index contributed by atoms with van der Waals surface area (Å²) in [6.07, 6.45) is 92.7. The van der Waals surface area contributed by atoms with Gasteiger partial charge >= 0.3 is 11.9 Å². The molecule has 0 aliphatic rings. The van der Waals surface area contributed by atoms with Gasteiger partial charge in [-0.3, -0.25) is 9.59 Å². The summed E-state index contributed by atoms with van der Waals surface area (Å²) in [5.74, 6) is -2.28. The Morgan fingerprint density at radius 1 is 0.356 bits per heavy atom. The van der Waals surface area contributed by atoms with E-state index in [1.807, 2.05) is 21.1 Å². The number of carbonyl (C=O) groups is 3. The number of quaternary nitrogens is 1. The number of esters is 2. The Morgan fingerprint density at radius 2 is 0.655 bits per heavy atom. The molecule has 0 saturated heterocycles. The number of nitrogens with zero attached hydrogens (tertiary/aromatic N) is 1. The Balaban J connectivity index is 4.13. The Morgan fingerprint density at radius 3 is 0.977 bits per heavy atom. The fourth-order valence-electron chi connectivity index (χ4n) is 9.76. The standard InChI is InChI=1S/C78H133NO8/c1-6-8-10-12-14-16-18-20-22-24-26-28-30-32-34-35-36-37-38-39-40-41-43-45-47-49-51-53-55-57-59-61-63-65-67-69-76(81)87-74(73-86-78(77(82)83)84-71-70-79(3,4)5)72-85-75(80)68-66-64-62-60-58-56-54-52-50-48-46-44-42-33-31-29-27-25-23-21-19-17-15-13-11-9-7-2/h8,10,14,16,19-22,25-28,31-34,36-37,39-40,74,78H,6-7,9,11-13,15,17-18,23-24,29-30,35,38,41-73H2,1-5H3/b10-8-,16-14-,21-19-,22-20-,27-25-,28-26-,33-31-,34-32-,37-36-,40-39-. The molecule has 0 fully saturated rings. The van der Waals surface area contributed by atoms with Crippen molar-refractivity contribution in [2.75, 3.05) is 47.5 Å². The van der Waals surface area contributed by atoms with Crippen LogP contribution in [0.2, 0.25) is 0 Å². The molecule has 0 amide bonds. The Hall–Kier alpha value is -4.31. The van der Waals surface area contributed by atoms with Gasteiger partial charge in [0.05, 0.1) is 40.3 Å². The number of hydrogen-bond donors (Lipinski definition) is 0. The number of allylic oxidation sites excluding steroid dienone is 20. The van der Waals surface area contributed by atoms with E-state index in [-0.39, 0.29) is 38.6 Å². The number of ether oxygens (including phenoxy) is 4. The maximum absolute atomic E-state index is 12.9. The fraction of sp³-hybridized carbons (Fsp3) is 0.705. The van der Waals surface area contributed by atoms with Crippen molar-refractivity contribution >= 4 is 17.9 Å². The highest BCUT2D eigenvalue weighted by molar-refractivity contribution is 5.70. The van der Waals surface area contributed by atoms with Gasteiger partial charge in [-0.1, -0.05) is 296 Å². The van der Waals surface area contributed by atoms with Gasteiger partial charge in [-0.2, -0.15) is 0 Å². The molecule has 2 unspecified atom stereocenters. The maximum Gasteiger partial charge on any atom is 0.306 e. The summed E-state index contributed by atoms with van der Waals surface area (Å²) >= 11 is 0. The van der Waals surface area contributed by atoms with Crippen LogP contribution in [-0.2, 0) is 33.3 Å². The SMILES string of the molecule is CC/C=C\C/C=C\C/C=C\C/C=C\C/C=C\C/C=C\C/C=C\CCCCCCCCCCCCCCCC(=O)OC(COC(=O)CCCCCCCCCCCCCC/C=C\C/C=C\C/C=C\CCCCCCC)COC(OCC[N+](C)(C)C)C(=O)[O-]. The molecule has 0 rings (SSSR count). The summed E-state index contributed by atoms with van der Waals surface area (Å²) in [4.78, 5) is 37.5. The number of carboxylic acid groups (broad SMARTS) is 1. The molecule has 0 spiro atoms. The van der Waals surface area contributed by atoms with Crippen molar-refractivity contribution in [3.8, 4) is 0 Å². The molecule has 0 bridgehead atoms. The van der Waals surface area contributed by atoms with Gasteiger partial charge in [-0.15, -0.1) is 0 Å². The second kappa shape index (κ2) is 67.6. The molecule has 498 valence electrons. The van der Waals surface area contributed by atoms with Crippen molar-refractivity contribution in [1.82, 2.24) is 0 Å². The molecular formula is C78H133NO8. The van der Waals surface area contributed by atoms with Crippen molar-refractivity contribution < 1.29 is 42.9 Å². The minimum Gasteiger partial charge on any atom is -0.545 e. The van der Waals surface area contributed by atoms with Crippen molar-refractivity contribution in [3.63, 3.8) is 0 Å². The first-order valence-corrected chi connectivity index (χ1v) is 35.7. The number of hydrogen-bond acceptors (Lipinski definition) is 8. The molecule has 0 aromatic carbocycles. The van der Waals surface area contributed by atoms with Gasteiger partial charge in [0, 0.05) is 12.8 Å². The lowest BCUT2D eigenvalue weighted by molar-refractivity contribution is -0.870. The number of carbonyl (C=O) groups excluding carboxylic acids is 3. The highest BCUT2D eigenvalue weighted by Crippen LogP contribution is 2.17. The second-order valence-electron chi connectivity index (χ2n) is 24.8. The van der Waals surface area contributed by atoms with Gasteiger partial charge in [0.1, 0.15) is 13.2 Å². The molecule has 0 aromatic heterocycles. The quantitative estimate of drug-likeness (QED) is 0.0195. The first-order chi connectivity index (χ1) is 42.6. The molecule has 87 heavy (non-hydrogen) atoms. The highest BCUT2D eigenvalue weighted by Gasteiger charge is 2.22. The average molecular weight is 1210 g/mol. The summed E-state index contributed by atoms with van der Waals surface area (Å²) in [7, 11) is 5.93. The molecule has 0 saturated carbocycles. The van der Waals surface area contributed by atoms with Gasteiger partial charge in [0.15, 0.2) is 12.4 Å². The molecule has 0 N–H and O–H groups in total. The van der Waals surface area contributed by atoms with Crippen LogP contribution in [0.4, 0.5) is 0 Å². The van der Waals surface area contributed by atoms with E-state index < -0.39 is 24.3 Å². The van der Waals surface area contributed by atoms with Gasteiger partial charge in [-0.25, -0.2) is 0 Å². The van der Waals surface area contributed by atoms with Crippen molar-refractivity contribution in [1.29, 1.82) is 0 Å². The molecule has 2 atom stereocenters. The Kier molecular flexibility index (Phi) is 64.3. The molecule has 9 nitrogen and oxygen atoms in total. The first kappa shape index (κ1) is 82.7. The largest absolute Gasteiger partial charge is 0.545 e. The van der Waals surface area contributed by atoms with Crippen LogP contribution in [0.25, 0.3) is 0 Å². The van der Waals surface area contributed by atoms with E-state index in [0.717, 1.165) is 96.3 Å². The summed E-state index contributed by atoms with van der Waals surface area (Å²) < 4.78 is 22.8. The van der Waals surface area contributed by atoms with Crippen molar-refractivity contribution in [2.24, 2.45) is 0 Å². The van der Waals surface area contributed by atoms with Gasteiger partial charge < -0.3 is 33.3 Å². The molecule has 0 aromatic rings. The first-order valence-electron chi connectivity index (χ1n) is 35.7. The van der Waals surface area contributed by atoms with Crippen LogP contribution in [0.5, 0.6) is 0 Å². The summed E-state index contributed by atoms with van der Waals surface area (Å²) in [5, 5.41) is 11.8. The van der Waals surface area contributed by atoms with Crippen LogP contribution in [0.3, 0.4) is 0 Å². The molecule has 0 heterocycles. The molecular weight excluding hydrogens is 1080 g/mol. The predicted molar refractivity (Wildman–Crippen MR) is 370 cm³/mol. The van der Waals surface area contributed by atoms with Gasteiger partial charge in [-0.05, 0) is 109 Å². The van der Waals surface area contributed by atoms with Crippen LogP contribution in [0, 0.1) is 0 Å². The summed E-state index contributed by atoms with van der Waals surface area (Å²) in [6.45, 7) is 4.64. The smallest absolute Gasteiger partial charge is 0.306 e. The lowest BCUT2D eigenvalue weighted by Gasteiger charge is -2.26. The summed E-state index contributed by atoms with van der Waals surface area (Å²) in [5.41, 5.74) is 0. The van der Waals surface area contributed by atoms with E-state index in [1.165, 1.54) is 167 Å². The number of unbranched alkanes of at least 4 members (excludes halogenated alkanes) is 30. The average Bonchev–Trinajstić information content (AvgIpc) is 3.56. The van der Waals surface area contributed by atoms with E-state index >= 15 is 0 Å². The second-order valence-corrected chi connectivity index (χ2v) is 24.8. The third kappa shape index (κ3) is 69.0. The third-order valence-corrected chi connectivity index (χ3v) is 15.2. The number of likely N-dealkylation sites (N-methyl/N-ethyl adjacent to an activating group) is 1. The third-order valence-electron chi connectivity index (χ3n) is 15.2. The van der Waals surface area contributed by atoms with E-state index in [0.29, 0.717) is 17.4 Å². The van der Waals surface area contributed by atoms with Gasteiger partial charge in [0.25, 0.3) is 0 Å². The van der Waals surface area contributed by atoms with Crippen LogP contribution >= 0.6 is 0 Å². The lowest BCUT2D eigenvalue weighted by atomic mass is 10.0. The Labute approximate surface area is 536 Å². The van der Waals surface area contributed by atoms with Crippen LogP contribution in [0.1, 0.15) is 296 Å². The zero-order valence-corrected chi connectivity index (χ0v) is 56.9. The van der Waals surface area contributed by atoms with E-state index in [9.17, 15) is 19.5 Å². The molecule has 0 aliphatic heterocycles. The monoisotopic (exact) mass is 1210 g/mol. The summed E-state index contributed by atoms with van der Waals surface area (Å²) in [6, 6.07) is 0. The molecule has 0 aliphatic carbocycles. The zero-order valence-electron chi connectivity index (χ0n) is 56.9. The predicted octanol–water partition coefficient (Wildman–Crippen LogP) is 21.0. The zero-order chi connectivity index (χ0) is 63.3. The fourth-order valence-corrected chi connectivity index (χ4v) is 9.76. The minimum atomic E-state index is -1.63. The van der Waals surface area contributed by atoms with E-state index in [1.54, 1.807) is 0 Å². The van der Waals surface area contributed by atoms with E-state index in [4.69, 9.17) is 18.9 Å². The maximum atomic E-state index is 12.9. The topological polar surface area (TPSA) is 111 Å². The van der Waals surface area contributed by atoms with Crippen LogP contribution in [-0.4, -0.2) is 82.3 Å². The highest BCUT2D eigenvalue weighted by atomic mass is 16.7. The number of rotatable bonds is 65. The number of aliphatic carboxylic acids is 1. The lowest BCUT2D eigenvalue weighted by Crippen LogP contribution is -2.44. The Bertz CT molecular complexity index is 1840. The van der Waals surface area contributed by atoms with Gasteiger partial charge in [0.2, 0.25) is 0 Å². The van der Waals surface area contributed by atoms with Crippen molar-refractivity contribution in [2.45, 2.75) is 309 Å². The van der Waals surface area contributed by atoms with Crippen LogP contribution < -0.4 is 5.11 Å². The van der Waals surface area contributed by atoms with E-state index in [2.05, 4.69) is 135 Å². The minimum absolute atomic E-state index is 0.143. The van der Waals surface area contributed by atoms with Crippen LogP contribution in [0.15, 0.2) is 122 Å². The molecule has 9 heteroatoms. The normalized spacial score (nSPS) is 13.4. The van der Waals surface area contributed by atoms with Crippen molar-refractivity contribution in [3.05, 3.63) is 122 Å². The number of carboxylic acids is 1. The molecule has 0 radical (unpaired) electrons.